The van der Waals surface area contributed by atoms with Gasteiger partial charge in [0, 0.05) is 21.2 Å². The van der Waals surface area contributed by atoms with Crippen LogP contribution in [0.4, 0.5) is 5.69 Å². The Kier molecular flexibility index (Phi) is 6.12. The minimum Gasteiger partial charge on any atom is -0.488 e. The Bertz CT molecular complexity index is 1200. The van der Waals surface area contributed by atoms with Crippen molar-refractivity contribution in [2.24, 2.45) is 5.10 Å². The fourth-order valence-electron chi connectivity index (χ4n) is 3.29. The monoisotopic (exact) mass is 450 g/mol. The van der Waals surface area contributed by atoms with Gasteiger partial charge in [-0.05, 0) is 56.3 Å². The van der Waals surface area contributed by atoms with Crippen LogP contribution in [-0.4, -0.2) is 11.6 Å². The Balaban J connectivity index is 1.62. The van der Waals surface area contributed by atoms with E-state index in [1.807, 2.05) is 74.5 Å². The number of aryl methyl sites for hydroxylation is 1. The molecule has 1 aliphatic heterocycles. The van der Waals surface area contributed by atoms with Crippen molar-refractivity contribution in [1.29, 1.82) is 0 Å². The van der Waals surface area contributed by atoms with Gasteiger partial charge in [-0.1, -0.05) is 59.1 Å². The molecular weight excluding hydrogens is 431 g/mol. The van der Waals surface area contributed by atoms with Gasteiger partial charge in [0.1, 0.15) is 12.4 Å². The number of nitrogens with zero attached hydrogens (tertiary/aromatic N) is 2. The number of hydrazone groups is 1. The zero-order valence-corrected chi connectivity index (χ0v) is 18.6. The van der Waals surface area contributed by atoms with E-state index < -0.39 is 0 Å². The molecule has 1 amide bonds. The summed E-state index contributed by atoms with van der Waals surface area (Å²) in [6.45, 7) is 4.11. The topological polar surface area (TPSA) is 41.9 Å². The number of halogens is 2. The van der Waals surface area contributed by atoms with E-state index in [9.17, 15) is 4.79 Å². The quantitative estimate of drug-likeness (QED) is 0.406. The lowest BCUT2D eigenvalue weighted by Crippen LogP contribution is -2.21. The molecule has 6 heteroatoms. The van der Waals surface area contributed by atoms with E-state index in [-0.39, 0.29) is 12.5 Å². The third kappa shape index (κ3) is 4.66. The molecule has 0 saturated heterocycles. The minimum absolute atomic E-state index is 0.170. The molecular formula is C25H20Cl2N2O2. The SMILES string of the molecule is CC1=NN(c2ccccc2)C(=O)/C1=C/c1cc(C)ccc1OCc1ccc(Cl)cc1Cl. The lowest BCUT2D eigenvalue weighted by Gasteiger charge is -2.13. The maximum atomic E-state index is 13.0. The van der Waals surface area contributed by atoms with Gasteiger partial charge in [0.25, 0.3) is 5.91 Å². The molecule has 0 aliphatic carbocycles. The molecule has 0 unspecified atom stereocenters. The van der Waals surface area contributed by atoms with Gasteiger partial charge in [-0.15, -0.1) is 0 Å². The number of hydrogen-bond acceptors (Lipinski definition) is 3. The van der Waals surface area contributed by atoms with E-state index in [2.05, 4.69) is 5.10 Å². The van der Waals surface area contributed by atoms with Gasteiger partial charge in [-0.2, -0.15) is 10.1 Å². The maximum Gasteiger partial charge on any atom is 0.280 e. The average molecular weight is 451 g/mol. The predicted octanol–water partition coefficient (Wildman–Crippen LogP) is 6.69. The maximum absolute atomic E-state index is 13.0. The molecule has 0 fully saturated rings. The largest absolute Gasteiger partial charge is 0.488 e. The molecule has 31 heavy (non-hydrogen) atoms. The molecule has 0 bridgehead atoms. The molecule has 0 N–H and O–H groups in total. The Morgan fingerprint density at radius 2 is 1.77 bits per heavy atom. The Labute approximate surface area is 191 Å². The van der Waals surface area contributed by atoms with E-state index in [0.29, 0.717) is 27.1 Å². The number of amides is 1. The van der Waals surface area contributed by atoms with Gasteiger partial charge in [-0.25, -0.2) is 0 Å². The number of anilines is 1. The second kappa shape index (κ2) is 8.96. The average Bonchev–Trinajstić information content (AvgIpc) is 3.03. The number of carbonyl (C=O) groups is 1. The van der Waals surface area contributed by atoms with Gasteiger partial charge in [0.05, 0.1) is 17.0 Å². The number of benzene rings is 3. The summed E-state index contributed by atoms with van der Waals surface area (Å²) in [7, 11) is 0. The van der Waals surface area contributed by atoms with Crippen molar-refractivity contribution < 1.29 is 9.53 Å². The molecule has 0 radical (unpaired) electrons. The highest BCUT2D eigenvalue weighted by molar-refractivity contribution is 6.35. The lowest BCUT2D eigenvalue weighted by atomic mass is 10.0. The zero-order chi connectivity index (χ0) is 22.0. The summed E-state index contributed by atoms with van der Waals surface area (Å²) in [5.74, 6) is 0.486. The first-order valence-corrected chi connectivity index (χ1v) is 10.5. The zero-order valence-electron chi connectivity index (χ0n) is 17.1. The third-order valence-electron chi connectivity index (χ3n) is 4.93. The predicted molar refractivity (Wildman–Crippen MR) is 127 cm³/mol. The highest BCUT2D eigenvalue weighted by Crippen LogP contribution is 2.29. The summed E-state index contributed by atoms with van der Waals surface area (Å²) in [6.07, 6.45) is 1.83. The Hall–Kier alpha value is -3.08. The standard InChI is InChI=1S/C25H20Cl2N2O2/c1-16-8-11-24(31-15-18-9-10-20(26)14-23(18)27)19(12-16)13-22-17(2)28-29(25(22)30)21-6-4-3-5-7-21/h3-14H,15H2,1-2H3/b22-13+. The second-order valence-corrected chi connectivity index (χ2v) is 8.11. The summed E-state index contributed by atoms with van der Waals surface area (Å²) in [5.41, 5.74) is 4.61. The lowest BCUT2D eigenvalue weighted by molar-refractivity contribution is -0.114. The van der Waals surface area contributed by atoms with E-state index >= 15 is 0 Å². The molecule has 1 aliphatic rings. The molecule has 0 saturated carbocycles. The molecule has 0 aromatic heterocycles. The van der Waals surface area contributed by atoms with Crippen molar-refractivity contribution >= 4 is 46.6 Å². The number of para-hydroxylation sites is 1. The van der Waals surface area contributed by atoms with Crippen molar-refractivity contribution in [3.05, 3.63) is 99.0 Å². The van der Waals surface area contributed by atoms with E-state index in [0.717, 1.165) is 22.4 Å². The van der Waals surface area contributed by atoms with E-state index in [4.69, 9.17) is 27.9 Å². The van der Waals surface area contributed by atoms with Crippen molar-refractivity contribution in [3.63, 3.8) is 0 Å². The molecule has 3 aromatic rings. The number of hydrogen-bond donors (Lipinski definition) is 0. The van der Waals surface area contributed by atoms with Crippen molar-refractivity contribution in [3.8, 4) is 5.75 Å². The van der Waals surface area contributed by atoms with Gasteiger partial charge < -0.3 is 4.74 Å². The molecule has 0 atom stereocenters. The van der Waals surface area contributed by atoms with Gasteiger partial charge >= 0.3 is 0 Å². The molecule has 3 aromatic carbocycles. The van der Waals surface area contributed by atoms with Crippen LogP contribution < -0.4 is 9.75 Å². The van der Waals surface area contributed by atoms with Crippen LogP contribution in [0.25, 0.3) is 6.08 Å². The Morgan fingerprint density at radius 1 is 1.00 bits per heavy atom. The summed E-state index contributed by atoms with van der Waals surface area (Å²) in [6, 6.07) is 20.5. The van der Waals surface area contributed by atoms with Crippen LogP contribution >= 0.6 is 23.2 Å². The van der Waals surface area contributed by atoms with Crippen LogP contribution in [-0.2, 0) is 11.4 Å². The molecule has 1 heterocycles. The minimum atomic E-state index is -0.170. The molecule has 0 spiro atoms. The van der Waals surface area contributed by atoms with Crippen LogP contribution in [0, 0.1) is 6.92 Å². The first-order chi connectivity index (χ1) is 14.9. The summed E-state index contributed by atoms with van der Waals surface area (Å²) in [4.78, 5) is 13.0. The third-order valence-corrected chi connectivity index (χ3v) is 5.51. The second-order valence-electron chi connectivity index (χ2n) is 7.26. The first-order valence-electron chi connectivity index (χ1n) is 9.76. The van der Waals surface area contributed by atoms with Crippen LogP contribution in [0.3, 0.4) is 0 Å². The fourth-order valence-corrected chi connectivity index (χ4v) is 3.75. The summed E-state index contributed by atoms with van der Waals surface area (Å²) < 4.78 is 6.05. The molecule has 156 valence electrons. The van der Waals surface area contributed by atoms with Crippen molar-refractivity contribution in [1.82, 2.24) is 0 Å². The van der Waals surface area contributed by atoms with Crippen molar-refractivity contribution in [2.75, 3.05) is 5.01 Å². The highest BCUT2D eigenvalue weighted by atomic mass is 35.5. The van der Waals surface area contributed by atoms with Crippen LogP contribution in [0.15, 0.2) is 77.4 Å². The smallest absolute Gasteiger partial charge is 0.280 e. The van der Waals surface area contributed by atoms with Crippen LogP contribution in [0.5, 0.6) is 5.75 Å². The molecule has 4 nitrogen and oxygen atoms in total. The van der Waals surface area contributed by atoms with Crippen LogP contribution in [0.1, 0.15) is 23.6 Å². The number of rotatable bonds is 5. The summed E-state index contributed by atoms with van der Waals surface area (Å²) >= 11 is 12.2. The van der Waals surface area contributed by atoms with Gasteiger partial charge in [0.2, 0.25) is 0 Å². The number of carbonyl (C=O) groups excluding carboxylic acids is 1. The highest BCUT2D eigenvalue weighted by Gasteiger charge is 2.28. The van der Waals surface area contributed by atoms with E-state index in [1.165, 1.54) is 5.01 Å². The first kappa shape index (κ1) is 21.2. The van der Waals surface area contributed by atoms with E-state index in [1.54, 1.807) is 12.1 Å². The van der Waals surface area contributed by atoms with Gasteiger partial charge in [0.15, 0.2) is 0 Å². The Morgan fingerprint density at radius 3 is 2.52 bits per heavy atom. The fraction of sp³-hybridized carbons (Fsp3) is 0.120. The number of ether oxygens (including phenoxy) is 1. The molecule has 4 rings (SSSR count). The van der Waals surface area contributed by atoms with Crippen molar-refractivity contribution in [2.45, 2.75) is 20.5 Å². The van der Waals surface area contributed by atoms with Gasteiger partial charge in [-0.3, -0.25) is 4.79 Å². The normalized spacial score (nSPS) is 14.8. The van der Waals surface area contributed by atoms with Crippen LogP contribution in [0.2, 0.25) is 10.0 Å². The summed E-state index contributed by atoms with van der Waals surface area (Å²) in [5, 5.41) is 6.99.